The van der Waals surface area contributed by atoms with Gasteiger partial charge in [-0.15, -0.1) is 0 Å². The van der Waals surface area contributed by atoms with Gasteiger partial charge in [-0.1, -0.05) is 35.9 Å². The van der Waals surface area contributed by atoms with Crippen molar-refractivity contribution >= 4 is 27.5 Å². The Labute approximate surface area is 176 Å². The first-order valence-corrected chi connectivity index (χ1v) is 11.5. The molecule has 3 rings (SSSR count). The van der Waals surface area contributed by atoms with Crippen LogP contribution in [-0.2, 0) is 27.1 Å². The molecule has 1 N–H and O–H groups in total. The molecule has 6 nitrogen and oxygen atoms in total. The van der Waals surface area contributed by atoms with Crippen molar-refractivity contribution in [2.75, 3.05) is 20.2 Å². The predicted molar refractivity (Wildman–Crippen MR) is 113 cm³/mol. The molecule has 1 atom stereocenters. The largest absolute Gasteiger partial charge is 0.497 e. The molecule has 0 aliphatic carbocycles. The summed E-state index contributed by atoms with van der Waals surface area (Å²) in [7, 11) is -1.89. The Hall–Kier alpha value is -2.09. The van der Waals surface area contributed by atoms with E-state index in [-0.39, 0.29) is 24.1 Å². The van der Waals surface area contributed by atoms with E-state index in [1.165, 1.54) is 4.31 Å². The van der Waals surface area contributed by atoms with Gasteiger partial charge in [0.1, 0.15) is 5.75 Å². The Morgan fingerprint density at radius 1 is 1.14 bits per heavy atom. The van der Waals surface area contributed by atoms with Crippen LogP contribution in [0.5, 0.6) is 5.75 Å². The lowest BCUT2D eigenvalue weighted by Gasteiger charge is -2.31. The molecule has 1 amide bonds. The molecule has 2 aromatic carbocycles. The molecule has 1 saturated heterocycles. The normalized spacial score (nSPS) is 17.7. The van der Waals surface area contributed by atoms with Crippen LogP contribution < -0.4 is 10.1 Å². The number of rotatable bonds is 7. The maximum absolute atomic E-state index is 12.8. The second kappa shape index (κ2) is 9.61. The van der Waals surface area contributed by atoms with Crippen LogP contribution in [0, 0.1) is 5.92 Å². The molecular weight excluding hydrogens is 412 g/mol. The van der Waals surface area contributed by atoms with Crippen molar-refractivity contribution in [1.82, 2.24) is 9.62 Å². The van der Waals surface area contributed by atoms with Crippen LogP contribution in [-0.4, -0.2) is 38.8 Å². The number of ether oxygens (including phenoxy) is 1. The Balaban J connectivity index is 1.57. The average Bonchev–Trinajstić information content (AvgIpc) is 2.74. The summed E-state index contributed by atoms with van der Waals surface area (Å²) < 4.78 is 32.2. The molecule has 0 saturated carbocycles. The van der Waals surface area contributed by atoms with Crippen LogP contribution >= 0.6 is 11.6 Å². The Bertz CT molecular complexity index is 930. The second-order valence-electron chi connectivity index (χ2n) is 7.15. The molecule has 1 heterocycles. The summed E-state index contributed by atoms with van der Waals surface area (Å²) >= 11 is 5.86. The monoisotopic (exact) mass is 436 g/mol. The number of carbonyl (C=O) groups excluding carboxylic acids is 1. The van der Waals surface area contributed by atoms with Gasteiger partial charge in [-0.25, -0.2) is 12.7 Å². The average molecular weight is 437 g/mol. The standard InChI is InChI=1S/C21H25ClN2O4S/c1-28-20-10-6-16(7-11-20)13-23-21(25)18-3-2-12-24(14-18)29(26,27)15-17-4-8-19(22)9-5-17/h4-11,18H,2-3,12-15H2,1H3,(H,23,25). The van der Waals surface area contributed by atoms with Crippen LogP contribution in [0.15, 0.2) is 48.5 Å². The third-order valence-electron chi connectivity index (χ3n) is 5.04. The van der Waals surface area contributed by atoms with Crippen molar-refractivity contribution in [3.63, 3.8) is 0 Å². The minimum atomic E-state index is -3.49. The Morgan fingerprint density at radius 3 is 2.45 bits per heavy atom. The molecule has 156 valence electrons. The summed E-state index contributed by atoms with van der Waals surface area (Å²) in [6.45, 7) is 1.05. The second-order valence-corrected chi connectivity index (χ2v) is 9.55. The number of halogens is 1. The van der Waals surface area contributed by atoms with E-state index in [1.54, 1.807) is 31.4 Å². The lowest BCUT2D eigenvalue weighted by atomic mass is 9.99. The molecule has 8 heteroatoms. The van der Waals surface area contributed by atoms with Gasteiger partial charge in [-0.05, 0) is 48.2 Å². The number of nitrogens with zero attached hydrogens (tertiary/aromatic N) is 1. The first kappa shape index (κ1) is 21.6. The summed E-state index contributed by atoms with van der Waals surface area (Å²) in [5.41, 5.74) is 1.64. The molecule has 2 aromatic rings. The Morgan fingerprint density at radius 2 is 1.79 bits per heavy atom. The van der Waals surface area contributed by atoms with E-state index < -0.39 is 10.0 Å². The highest BCUT2D eigenvalue weighted by Gasteiger charge is 2.32. The summed E-state index contributed by atoms with van der Waals surface area (Å²) in [6.07, 6.45) is 1.35. The molecule has 1 fully saturated rings. The number of methoxy groups -OCH3 is 1. The molecule has 29 heavy (non-hydrogen) atoms. The topological polar surface area (TPSA) is 75.7 Å². The van der Waals surface area contributed by atoms with Gasteiger partial charge in [0, 0.05) is 24.7 Å². The van der Waals surface area contributed by atoms with Crippen molar-refractivity contribution < 1.29 is 17.9 Å². The van der Waals surface area contributed by atoms with Crippen molar-refractivity contribution in [2.24, 2.45) is 5.92 Å². The first-order chi connectivity index (χ1) is 13.9. The summed E-state index contributed by atoms with van der Waals surface area (Å²) in [5, 5.41) is 3.49. The van der Waals surface area contributed by atoms with Gasteiger partial charge in [0.15, 0.2) is 0 Å². The van der Waals surface area contributed by atoms with Gasteiger partial charge in [0.05, 0.1) is 18.8 Å². The predicted octanol–water partition coefficient (Wildman–Crippen LogP) is 3.21. The van der Waals surface area contributed by atoms with E-state index in [0.717, 1.165) is 11.3 Å². The molecular formula is C21H25ClN2O4S. The van der Waals surface area contributed by atoms with Crippen LogP contribution in [0.3, 0.4) is 0 Å². The fourth-order valence-corrected chi connectivity index (χ4v) is 5.11. The van der Waals surface area contributed by atoms with Gasteiger partial charge in [0.2, 0.25) is 15.9 Å². The third kappa shape index (κ3) is 5.95. The van der Waals surface area contributed by atoms with Crippen LogP contribution in [0.4, 0.5) is 0 Å². The molecule has 1 unspecified atom stereocenters. The molecule has 0 radical (unpaired) electrons. The minimum absolute atomic E-state index is 0.0929. The zero-order chi connectivity index (χ0) is 20.9. The van der Waals surface area contributed by atoms with Gasteiger partial charge in [-0.2, -0.15) is 0 Å². The molecule has 0 aromatic heterocycles. The van der Waals surface area contributed by atoms with E-state index in [4.69, 9.17) is 16.3 Å². The van der Waals surface area contributed by atoms with Crippen LogP contribution in [0.25, 0.3) is 0 Å². The highest BCUT2D eigenvalue weighted by molar-refractivity contribution is 7.88. The SMILES string of the molecule is COc1ccc(CNC(=O)C2CCCN(S(=O)(=O)Cc3ccc(Cl)cc3)C2)cc1. The first-order valence-electron chi connectivity index (χ1n) is 9.50. The molecule has 1 aliphatic rings. The lowest BCUT2D eigenvalue weighted by molar-refractivity contribution is -0.126. The van der Waals surface area contributed by atoms with Crippen molar-refractivity contribution in [1.29, 1.82) is 0 Å². The van der Waals surface area contributed by atoms with E-state index in [9.17, 15) is 13.2 Å². The lowest BCUT2D eigenvalue weighted by Crippen LogP contribution is -2.45. The number of benzene rings is 2. The van der Waals surface area contributed by atoms with Gasteiger partial charge < -0.3 is 10.1 Å². The zero-order valence-corrected chi connectivity index (χ0v) is 17.9. The summed E-state index contributed by atoms with van der Waals surface area (Å²) in [5.74, 6) is 0.202. The fraction of sp³-hybridized carbons (Fsp3) is 0.381. The zero-order valence-electron chi connectivity index (χ0n) is 16.3. The number of hydrogen-bond acceptors (Lipinski definition) is 4. The van der Waals surface area contributed by atoms with E-state index in [2.05, 4.69) is 5.32 Å². The quantitative estimate of drug-likeness (QED) is 0.723. The summed E-state index contributed by atoms with van der Waals surface area (Å²) in [4.78, 5) is 12.6. The molecule has 0 spiro atoms. The number of hydrogen-bond donors (Lipinski definition) is 1. The number of amides is 1. The maximum atomic E-state index is 12.8. The number of carbonyl (C=O) groups is 1. The van der Waals surface area contributed by atoms with Gasteiger partial charge in [0.25, 0.3) is 0 Å². The van der Waals surface area contributed by atoms with Crippen LogP contribution in [0.2, 0.25) is 5.02 Å². The number of piperidine rings is 1. The highest BCUT2D eigenvalue weighted by Crippen LogP contribution is 2.22. The molecule has 0 bridgehead atoms. The van der Waals surface area contributed by atoms with E-state index in [0.29, 0.717) is 36.5 Å². The van der Waals surface area contributed by atoms with E-state index >= 15 is 0 Å². The highest BCUT2D eigenvalue weighted by atomic mass is 35.5. The maximum Gasteiger partial charge on any atom is 0.224 e. The number of sulfonamides is 1. The third-order valence-corrected chi connectivity index (χ3v) is 7.10. The van der Waals surface area contributed by atoms with Gasteiger partial charge in [-0.3, -0.25) is 4.79 Å². The smallest absolute Gasteiger partial charge is 0.224 e. The van der Waals surface area contributed by atoms with E-state index in [1.807, 2.05) is 24.3 Å². The minimum Gasteiger partial charge on any atom is -0.497 e. The van der Waals surface area contributed by atoms with Crippen molar-refractivity contribution in [3.8, 4) is 5.75 Å². The van der Waals surface area contributed by atoms with Crippen molar-refractivity contribution in [2.45, 2.75) is 25.1 Å². The van der Waals surface area contributed by atoms with Crippen molar-refractivity contribution in [3.05, 3.63) is 64.7 Å². The Kier molecular flexibility index (Phi) is 7.16. The number of nitrogens with one attached hydrogen (secondary N) is 1. The summed E-state index contributed by atoms with van der Waals surface area (Å²) in [6, 6.07) is 14.2. The van der Waals surface area contributed by atoms with Crippen LogP contribution in [0.1, 0.15) is 24.0 Å². The fourth-order valence-electron chi connectivity index (χ4n) is 3.37. The molecule has 1 aliphatic heterocycles. The van der Waals surface area contributed by atoms with Gasteiger partial charge >= 0.3 is 0 Å².